The Labute approximate surface area is 92.3 Å². The molecular formula is C11H12N2O3. The zero-order chi connectivity index (χ0) is 11.7. The summed E-state index contributed by atoms with van der Waals surface area (Å²) in [6.45, 7) is 1.84. The minimum Gasteiger partial charge on any atom is -0.481 e. The molecule has 0 unspecified atom stereocenters. The van der Waals surface area contributed by atoms with Gasteiger partial charge in [0.15, 0.2) is 11.6 Å². The second-order valence-electron chi connectivity index (χ2n) is 3.57. The van der Waals surface area contributed by atoms with Crippen LogP contribution in [0.15, 0.2) is 22.8 Å². The first-order valence-corrected chi connectivity index (χ1v) is 4.87. The van der Waals surface area contributed by atoms with Crippen LogP contribution in [0.25, 0.3) is 11.6 Å². The van der Waals surface area contributed by atoms with Crippen LogP contribution in [0.2, 0.25) is 0 Å². The summed E-state index contributed by atoms with van der Waals surface area (Å²) in [4.78, 5) is 14.9. The molecule has 0 radical (unpaired) electrons. The van der Waals surface area contributed by atoms with Crippen molar-refractivity contribution in [2.75, 3.05) is 0 Å². The van der Waals surface area contributed by atoms with Crippen LogP contribution in [0, 0.1) is 6.92 Å². The molecule has 0 amide bonds. The van der Waals surface area contributed by atoms with Crippen molar-refractivity contribution in [3.63, 3.8) is 0 Å². The molecule has 0 spiro atoms. The van der Waals surface area contributed by atoms with Gasteiger partial charge in [-0.25, -0.2) is 4.98 Å². The number of carboxylic acids is 1. The highest BCUT2D eigenvalue weighted by Crippen LogP contribution is 2.21. The average Bonchev–Trinajstić information content (AvgIpc) is 2.81. The molecule has 16 heavy (non-hydrogen) atoms. The lowest BCUT2D eigenvalue weighted by molar-refractivity contribution is -0.136. The molecule has 0 fully saturated rings. The molecule has 5 nitrogen and oxygen atoms in total. The van der Waals surface area contributed by atoms with E-state index in [0.717, 1.165) is 5.69 Å². The highest BCUT2D eigenvalue weighted by atomic mass is 16.4. The van der Waals surface area contributed by atoms with E-state index in [1.807, 2.05) is 18.5 Å². The first-order valence-electron chi connectivity index (χ1n) is 4.87. The molecule has 0 aliphatic rings. The molecule has 0 aliphatic carbocycles. The number of hydrogen-bond acceptors (Lipinski definition) is 3. The maximum atomic E-state index is 10.7. The Hall–Kier alpha value is -2.04. The van der Waals surface area contributed by atoms with Gasteiger partial charge in [-0.15, -0.1) is 0 Å². The third kappa shape index (κ3) is 1.71. The lowest BCUT2D eigenvalue weighted by Crippen LogP contribution is -2.02. The first kappa shape index (κ1) is 10.5. The van der Waals surface area contributed by atoms with E-state index in [4.69, 9.17) is 9.52 Å². The summed E-state index contributed by atoms with van der Waals surface area (Å²) in [6.07, 6.45) is 1.50. The molecule has 0 aliphatic heterocycles. The summed E-state index contributed by atoms with van der Waals surface area (Å²) in [7, 11) is 1.84. The molecular weight excluding hydrogens is 208 g/mol. The van der Waals surface area contributed by atoms with Crippen LogP contribution in [-0.2, 0) is 18.3 Å². The van der Waals surface area contributed by atoms with Crippen LogP contribution < -0.4 is 0 Å². The Morgan fingerprint density at radius 1 is 1.62 bits per heavy atom. The Kier molecular flexibility index (Phi) is 2.52. The van der Waals surface area contributed by atoms with Crippen molar-refractivity contribution in [1.29, 1.82) is 0 Å². The summed E-state index contributed by atoms with van der Waals surface area (Å²) in [5.41, 5.74) is 1.41. The minimum atomic E-state index is -0.882. The van der Waals surface area contributed by atoms with E-state index >= 15 is 0 Å². The van der Waals surface area contributed by atoms with Crippen molar-refractivity contribution >= 4 is 5.97 Å². The zero-order valence-corrected chi connectivity index (χ0v) is 9.10. The SMILES string of the molecule is Cc1c(CC(=O)O)nc(-c2ccco2)n1C. The minimum absolute atomic E-state index is 0.0691. The van der Waals surface area contributed by atoms with Crippen molar-refractivity contribution in [1.82, 2.24) is 9.55 Å². The van der Waals surface area contributed by atoms with E-state index in [2.05, 4.69) is 4.98 Å². The fraction of sp³-hybridized carbons (Fsp3) is 0.273. The smallest absolute Gasteiger partial charge is 0.309 e. The zero-order valence-electron chi connectivity index (χ0n) is 9.10. The molecule has 0 aromatic carbocycles. The third-order valence-corrected chi connectivity index (χ3v) is 2.54. The van der Waals surface area contributed by atoms with Crippen molar-refractivity contribution in [3.8, 4) is 11.6 Å². The molecule has 2 heterocycles. The van der Waals surface area contributed by atoms with Crippen LogP contribution >= 0.6 is 0 Å². The van der Waals surface area contributed by atoms with Gasteiger partial charge in [-0.1, -0.05) is 0 Å². The number of furan rings is 1. The molecule has 0 atom stereocenters. The topological polar surface area (TPSA) is 68.3 Å². The average molecular weight is 220 g/mol. The highest BCUT2D eigenvalue weighted by molar-refractivity contribution is 5.70. The Morgan fingerprint density at radius 3 is 2.94 bits per heavy atom. The number of aromatic nitrogens is 2. The number of nitrogens with zero attached hydrogens (tertiary/aromatic N) is 2. The van der Waals surface area contributed by atoms with Crippen molar-refractivity contribution in [2.24, 2.45) is 7.05 Å². The van der Waals surface area contributed by atoms with E-state index in [0.29, 0.717) is 17.3 Å². The number of hydrogen-bond donors (Lipinski definition) is 1. The van der Waals surface area contributed by atoms with Crippen molar-refractivity contribution in [2.45, 2.75) is 13.3 Å². The van der Waals surface area contributed by atoms with Crippen molar-refractivity contribution in [3.05, 3.63) is 29.8 Å². The molecule has 0 saturated heterocycles. The van der Waals surface area contributed by atoms with Gasteiger partial charge >= 0.3 is 5.97 Å². The Balaban J connectivity index is 2.45. The van der Waals surface area contributed by atoms with E-state index < -0.39 is 5.97 Å². The molecule has 5 heteroatoms. The molecule has 0 saturated carbocycles. The van der Waals surface area contributed by atoms with Crippen LogP contribution in [0.1, 0.15) is 11.4 Å². The van der Waals surface area contributed by atoms with E-state index in [9.17, 15) is 4.79 Å². The van der Waals surface area contributed by atoms with Crippen molar-refractivity contribution < 1.29 is 14.3 Å². The lowest BCUT2D eigenvalue weighted by Gasteiger charge is -1.99. The number of carbonyl (C=O) groups is 1. The first-order chi connectivity index (χ1) is 7.59. The second-order valence-corrected chi connectivity index (χ2v) is 3.57. The van der Waals surface area contributed by atoms with Gasteiger partial charge in [0.2, 0.25) is 0 Å². The summed E-state index contributed by atoms with van der Waals surface area (Å²) < 4.78 is 7.07. The van der Waals surface area contributed by atoms with E-state index in [-0.39, 0.29) is 6.42 Å². The molecule has 84 valence electrons. The maximum absolute atomic E-state index is 10.7. The van der Waals surface area contributed by atoms with Gasteiger partial charge in [0.05, 0.1) is 18.4 Å². The standard InChI is InChI=1S/C11H12N2O3/c1-7-8(6-10(14)15)12-11(13(7)2)9-4-3-5-16-9/h3-5H,6H2,1-2H3,(H,14,15). The van der Waals surface area contributed by atoms with E-state index in [1.54, 1.807) is 18.4 Å². The van der Waals surface area contributed by atoms with Gasteiger partial charge in [0.25, 0.3) is 0 Å². The Bertz CT molecular complexity index is 512. The predicted octanol–water partition coefficient (Wildman–Crippen LogP) is 1.62. The summed E-state index contributed by atoms with van der Waals surface area (Å²) in [5, 5.41) is 8.75. The number of aliphatic carboxylic acids is 1. The quantitative estimate of drug-likeness (QED) is 0.853. The van der Waals surface area contributed by atoms with Crippen LogP contribution in [0.3, 0.4) is 0 Å². The molecule has 2 rings (SSSR count). The fourth-order valence-corrected chi connectivity index (χ4v) is 1.57. The van der Waals surface area contributed by atoms with Gasteiger partial charge in [0.1, 0.15) is 0 Å². The molecule has 2 aromatic rings. The van der Waals surface area contributed by atoms with Crippen LogP contribution in [0.4, 0.5) is 0 Å². The van der Waals surface area contributed by atoms with Gasteiger partial charge in [-0.05, 0) is 19.1 Å². The third-order valence-electron chi connectivity index (χ3n) is 2.54. The van der Waals surface area contributed by atoms with Gasteiger partial charge in [0, 0.05) is 12.7 Å². The lowest BCUT2D eigenvalue weighted by atomic mass is 10.2. The fourth-order valence-electron chi connectivity index (χ4n) is 1.57. The second kappa shape index (κ2) is 3.84. The normalized spacial score (nSPS) is 10.6. The largest absolute Gasteiger partial charge is 0.481 e. The van der Waals surface area contributed by atoms with E-state index in [1.165, 1.54) is 0 Å². The summed E-state index contributed by atoms with van der Waals surface area (Å²) >= 11 is 0. The summed E-state index contributed by atoms with van der Waals surface area (Å²) in [6, 6.07) is 3.57. The summed E-state index contributed by atoms with van der Waals surface area (Å²) in [5.74, 6) is 0.410. The predicted molar refractivity (Wildman–Crippen MR) is 57.0 cm³/mol. The van der Waals surface area contributed by atoms with Gasteiger partial charge < -0.3 is 14.1 Å². The number of imidazole rings is 1. The molecule has 1 N–H and O–H groups in total. The number of carboxylic acid groups (broad SMARTS) is 1. The molecule has 0 bridgehead atoms. The van der Waals surface area contributed by atoms with Gasteiger partial charge in [-0.2, -0.15) is 0 Å². The number of rotatable bonds is 3. The maximum Gasteiger partial charge on any atom is 0.309 e. The Morgan fingerprint density at radius 2 is 2.38 bits per heavy atom. The monoisotopic (exact) mass is 220 g/mol. The van der Waals surface area contributed by atoms with Gasteiger partial charge in [-0.3, -0.25) is 4.79 Å². The van der Waals surface area contributed by atoms with Crippen LogP contribution in [-0.4, -0.2) is 20.6 Å². The molecule has 2 aromatic heterocycles. The highest BCUT2D eigenvalue weighted by Gasteiger charge is 2.16. The van der Waals surface area contributed by atoms with Crippen LogP contribution in [0.5, 0.6) is 0 Å².